The highest BCUT2D eigenvalue weighted by atomic mass is 35.5. The van der Waals surface area contributed by atoms with Crippen molar-refractivity contribution in [2.24, 2.45) is 4.99 Å². The zero-order chi connectivity index (χ0) is 13.1. The van der Waals surface area contributed by atoms with E-state index in [1.807, 2.05) is 0 Å². The van der Waals surface area contributed by atoms with Crippen LogP contribution in [0, 0.1) is 11.5 Å². The Morgan fingerprint density at radius 1 is 1.39 bits per heavy atom. The summed E-state index contributed by atoms with van der Waals surface area (Å²) >= 11 is 11.7. The first-order chi connectivity index (χ1) is 8.61. The Hall–Kier alpha value is -1.77. The molecule has 0 spiro atoms. The molecule has 1 aliphatic rings. The van der Waals surface area contributed by atoms with Crippen molar-refractivity contribution in [3.63, 3.8) is 0 Å². The summed E-state index contributed by atoms with van der Waals surface area (Å²) in [6.07, 6.45) is 1.65. The molecule has 18 heavy (non-hydrogen) atoms. The van der Waals surface area contributed by atoms with Crippen LogP contribution in [0.3, 0.4) is 0 Å². The van der Waals surface area contributed by atoms with Crippen molar-refractivity contribution >= 4 is 35.1 Å². The van der Waals surface area contributed by atoms with Gasteiger partial charge in [-0.15, -0.1) is 4.99 Å². The van der Waals surface area contributed by atoms with Crippen LogP contribution in [0.15, 0.2) is 23.2 Å². The molecule has 7 heteroatoms. The predicted molar refractivity (Wildman–Crippen MR) is 68.5 cm³/mol. The largest absolute Gasteiger partial charge is 0.353 e. The van der Waals surface area contributed by atoms with Crippen molar-refractivity contribution in [2.45, 2.75) is 0 Å². The molecule has 1 fully saturated rings. The number of aliphatic imine (C=N–C) groups is 1. The van der Waals surface area contributed by atoms with Gasteiger partial charge in [0.15, 0.2) is 0 Å². The third kappa shape index (κ3) is 2.55. The van der Waals surface area contributed by atoms with Crippen LogP contribution in [0.4, 0.5) is 0 Å². The molecule has 1 aliphatic heterocycles. The number of carbonyl (C=O) groups is 1. The summed E-state index contributed by atoms with van der Waals surface area (Å²) in [5, 5.41) is 12.2. The summed E-state index contributed by atoms with van der Waals surface area (Å²) in [5.41, 5.74) is 0.363. The van der Waals surface area contributed by atoms with Crippen molar-refractivity contribution in [3.8, 4) is 6.19 Å². The van der Waals surface area contributed by atoms with E-state index in [0.717, 1.165) is 0 Å². The fraction of sp³-hybridized carbons (Fsp3) is 0.182. The molecule has 1 saturated heterocycles. The third-order valence-corrected chi connectivity index (χ3v) is 2.82. The molecule has 0 aromatic heterocycles. The van der Waals surface area contributed by atoms with Gasteiger partial charge < -0.3 is 5.32 Å². The lowest BCUT2D eigenvalue weighted by Gasteiger charge is -2.14. The van der Waals surface area contributed by atoms with Crippen molar-refractivity contribution < 1.29 is 4.79 Å². The molecule has 0 saturated carbocycles. The molecule has 1 N–H and O–H groups in total. The second-order valence-corrected chi connectivity index (χ2v) is 4.45. The Morgan fingerprint density at radius 3 is 2.67 bits per heavy atom. The maximum atomic E-state index is 12.2. The zero-order valence-electron chi connectivity index (χ0n) is 9.15. The normalized spacial score (nSPS) is 16.5. The Morgan fingerprint density at radius 2 is 2.06 bits per heavy atom. The van der Waals surface area contributed by atoms with Crippen molar-refractivity contribution in [1.29, 1.82) is 5.26 Å². The van der Waals surface area contributed by atoms with E-state index < -0.39 is 0 Å². The Kier molecular flexibility index (Phi) is 3.70. The highest BCUT2D eigenvalue weighted by Gasteiger charge is 2.26. The standard InChI is InChI=1S/C11H8Cl2N4O/c12-8-3-7(4-9(13)5-8)10(18)17-2-1-15-11(17)16-6-14/h3-5H,1-2H2,(H,15,16). The summed E-state index contributed by atoms with van der Waals surface area (Å²) < 4.78 is 0. The van der Waals surface area contributed by atoms with Crippen molar-refractivity contribution in [1.82, 2.24) is 10.2 Å². The summed E-state index contributed by atoms with van der Waals surface area (Å²) in [7, 11) is 0. The maximum Gasteiger partial charge on any atom is 0.260 e. The SMILES string of the molecule is N#C/N=C1\NCCN1C(=O)c1cc(Cl)cc(Cl)c1. The monoisotopic (exact) mass is 282 g/mol. The highest BCUT2D eigenvalue weighted by Crippen LogP contribution is 2.20. The molecule has 0 aliphatic carbocycles. The molecular formula is C11H8Cl2N4O. The van der Waals surface area contributed by atoms with E-state index >= 15 is 0 Å². The molecule has 1 aromatic carbocycles. The fourth-order valence-corrected chi connectivity index (χ4v) is 2.19. The fourth-order valence-electron chi connectivity index (χ4n) is 1.66. The number of halogens is 2. The number of nitriles is 1. The first kappa shape index (κ1) is 12.7. The van der Waals surface area contributed by atoms with Gasteiger partial charge in [-0.3, -0.25) is 9.69 Å². The Labute approximate surface area is 114 Å². The van der Waals surface area contributed by atoms with Gasteiger partial charge >= 0.3 is 0 Å². The molecule has 1 heterocycles. The number of benzene rings is 1. The van der Waals surface area contributed by atoms with Crippen LogP contribution in [0.25, 0.3) is 0 Å². The molecule has 2 rings (SSSR count). The third-order valence-electron chi connectivity index (χ3n) is 2.38. The minimum absolute atomic E-state index is 0.249. The van der Waals surface area contributed by atoms with Crippen LogP contribution in [-0.4, -0.2) is 29.9 Å². The van der Waals surface area contributed by atoms with E-state index in [2.05, 4.69) is 10.3 Å². The molecular weight excluding hydrogens is 275 g/mol. The lowest BCUT2D eigenvalue weighted by molar-refractivity contribution is 0.0859. The molecule has 1 aromatic rings. The minimum atomic E-state index is -0.293. The smallest absolute Gasteiger partial charge is 0.260 e. The lowest BCUT2D eigenvalue weighted by atomic mass is 10.2. The van der Waals surface area contributed by atoms with Gasteiger partial charge in [-0.1, -0.05) is 23.2 Å². The van der Waals surface area contributed by atoms with E-state index in [4.69, 9.17) is 28.5 Å². The summed E-state index contributed by atoms with van der Waals surface area (Å²) in [6, 6.07) is 4.60. The lowest BCUT2D eigenvalue weighted by Crippen LogP contribution is -2.35. The highest BCUT2D eigenvalue weighted by molar-refractivity contribution is 6.35. The van der Waals surface area contributed by atoms with Crippen LogP contribution >= 0.6 is 23.2 Å². The molecule has 0 bridgehead atoms. The zero-order valence-corrected chi connectivity index (χ0v) is 10.7. The second-order valence-electron chi connectivity index (χ2n) is 3.58. The number of carbonyl (C=O) groups excluding carboxylic acids is 1. The van der Waals surface area contributed by atoms with Gasteiger partial charge in [0.2, 0.25) is 12.2 Å². The molecule has 92 valence electrons. The second kappa shape index (κ2) is 5.25. The average Bonchev–Trinajstić information content (AvgIpc) is 2.75. The summed E-state index contributed by atoms with van der Waals surface area (Å²) in [5.74, 6) is -0.0444. The van der Waals surface area contributed by atoms with Gasteiger partial charge in [0, 0.05) is 28.7 Å². The van der Waals surface area contributed by atoms with Crippen LogP contribution in [0.1, 0.15) is 10.4 Å². The van der Waals surface area contributed by atoms with E-state index in [0.29, 0.717) is 28.7 Å². The first-order valence-corrected chi connectivity index (χ1v) is 5.86. The molecule has 1 amide bonds. The maximum absolute atomic E-state index is 12.2. The minimum Gasteiger partial charge on any atom is -0.353 e. The van der Waals surface area contributed by atoms with Crippen LogP contribution in [0.5, 0.6) is 0 Å². The van der Waals surface area contributed by atoms with E-state index in [-0.39, 0.29) is 11.9 Å². The van der Waals surface area contributed by atoms with Crippen molar-refractivity contribution in [3.05, 3.63) is 33.8 Å². The van der Waals surface area contributed by atoms with E-state index in [1.165, 1.54) is 17.0 Å². The number of rotatable bonds is 1. The number of amides is 1. The first-order valence-electron chi connectivity index (χ1n) is 5.10. The van der Waals surface area contributed by atoms with Gasteiger partial charge in [-0.2, -0.15) is 5.26 Å². The Balaban J connectivity index is 2.31. The quantitative estimate of drug-likeness (QED) is 0.800. The van der Waals surface area contributed by atoms with Crippen LogP contribution in [0.2, 0.25) is 10.0 Å². The van der Waals surface area contributed by atoms with E-state index in [9.17, 15) is 4.79 Å². The predicted octanol–water partition coefficient (Wildman–Crippen LogP) is 1.88. The van der Waals surface area contributed by atoms with Crippen LogP contribution < -0.4 is 5.32 Å². The molecule has 0 atom stereocenters. The van der Waals surface area contributed by atoms with Gasteiger partial charge in [0.1, 0.15) is 0 Å². The van der Waals surface area contributed by atoms with Gasteiger partial charge in [0.05, 0.1) is 0 Å². The molecule has 0 unspecified atom stereocenters. The molecule has 0 radical (unpaired) electrons. The number of nitrogens with one attached hydrogen (secondary N) is 1. The number of hydrogen-bond acceptors (Lipinski definition) is 3. The average molecular weight is 283 g/mol. The summed E-state index contributed by atoms with van der Waals surface area (Å²) in [6.45, 7) is 1.00. The molecule has 5 nitrogen and oxygen atoms in total. The van der Waals surface area contributed by atoms with Gasteiger partial charge in [-0.25, -0.2) is 0 Å². The Bertz CT molecular complexity index is 544. The topological polar surface area (TPSA) is 68.5 Å². The van der Waals surface area contributed by atoms with Gasteiger partial charge in [-0.05, 0) is 18.2 Å². The van der Waals surface area contributed by atoms with Gasteiger partial charge in [0.25, 0.3) is 5.91 Å². The number of guanidine groups is 1. The number of hydrogen-bond donors (Lipinski definition) is 1. The van der Waals surface area contributed by atoms with E-state index in [1.54, 1.807) is 12.3 Å². The number of nitrogens with zero attached hydrogens (tertiary/aromatic N) is 3. The summed E-state index contributed by atoms with van der Waals surface area (Å²) in [4.78, 5) is 17.1. The van der Waals surface area contributed by atoms with Crippen molar-refractivity contribution in [2.75, 3.05) is 13.1 Å². The van der Waals surface area contributed by atoms with Crippen LogP contribution in [-0.2, 0) is 0 Å².